The third-order valence-electron chi connectivity index (χ3n) is 2.82. The number of nitrogens with zero attached hydrogens (tertiary/aromatic N) is 1. The van der Waals surface area contributed by atoms with E-state index >= 15 is 0 Å². The van der Waals surface area contributed by atoms with E-state index in [9.17, 15) is 0 Å². The number of anilines is 2. The molecule has 0 aromatic heterocycles. The van der Waals surface area contributed by atoms with Gasteiger partial charge in [-0.15, -0.1) is 0 Å². The third kappa shape index (κ3) is 1.44. The van der Waals surface area contributed by atoms with Crippen molar-refractivity contribution in [3.63, 3.8) is 0 Å². The van der Waals surface area contributed by atoms with Gasteiger partial charge in [0.25, 0.3) is 0 Å². The van der Waals surface area contributed by atoms with Crippen LogP contribution in [0.15, 0.2) is 18.2 Å². The zero-order valence-electron chi connectivity index (χ0n) is 8.66. The van der Waals surface area contributed by atoms with Gasteiger partial charge in [-0.3, -0.25) is 0 Å². The highest BCUT2D eigenvalue weighted by atomic mass is 16.5. The van der Waals surface area contributed by atoms with Crippen LogP contribution >= 0.6 is 0 Å². The summed E-state index contributed by atoms with van der Waals surface area (Å²) in [4.78, 5) is 2.25. The lowest BCUT2D eigenvalue weighted by molar-refractivity contribution is 0.0788. The van der Waals surface area contributed by atoms with Gasteiger partial charge in [0.15, 0.2) is 0 Å². The second-order valence-corrected chi connectivity index (χ2v) is 3.77. The highest BCUT2D eigenvalue weighted by Gasteiger charge is 2.27. The van der Waals surface area contributed by atoms with Crippen molar-refractivity contribution in [3.8, 4) is 0 Å². The zero-order chi connectivity index (χ0) is 10.1. The molecule has 0 atom stereocenters. The Kier molecular flexibility index (Phi) is 2.33. The third-order valence-corrected chi connectivity index (χ3v) is 2.82. The van der Waals surface area contributed by atoms with Gasteiger partial charge in [0.05, 0.1) is 17.5 Å². The van der Waals surface area contributed by atoms with Crippen molar-refractivity contribution in [2.75, 3.05) is 30.8 Å². The average Bonchev–Trinajstić information content (AvgIpc) is 2.10. The summed E-state index contributed by atoms with van der Waals surface area (Å²) in [6, 6.07) is 6.14. The lowest BCUT2D eigenvalue weighted by atomic mass is 10.1. The Balaban J connectivity index is 2.14. The summed E-state index contributed by atoms with van der Waals surface area (Å²) >= 11 is 0. The van der Waals surface area contributed by atoms with Crippen molar-refractivity contribution in [2.45, 2.75) is 13.0 Å². The van der Waals surface area contributed by atoms with Gasteiger partial charge in [-0.1, -0.05) is 12.1 Å². The number of nitrogen functional groups attached to an aromatic ring is 1. The molecular weight excluding hydrogens is 176 g/mol. The molecule has 1 aromatic rings. The summed E-state index contributed by atoms with van der Waals surface area (Å²) in [6.45, 7) is 3.93. The van der Waals surface area contributed by atoms with Gasteiger partial charge in [-0.25, -0.2) is 0 Å². The number of hydrogen-bond acceptors (Lipinski definition) is 3. The van der Waals surface area contributed by atoms with Crippen molar-refractivity contribution in [1.82, 2.24) is 0 Å². The van der Waals surface area contributed by atoms with Crippen LogP contribution in [0.2, 0.25) is 0 Å². The van der Waals surface area contributed by atoms with E-state index < -0.39 is 0 Å². The zero-order valence-corrected chi connectivity index (χ0v) is 8.66. The molecule has 0 amide bonds. The number of para-hydroxylation sites is 1. The standard InChI is InChI=1S/C11H16N2O/c1-8-4-3-5-10(11(8)12)13-6-9(7-13)14-2/h3-5,9H,6-7,12H2,1-2H3. The summed E-state index contributed by atoms with van der Waals surface area (Å²) in [6.07, 6.45) is 0.370. The molecule has 1 aliphatic heterocycles. The first kappa shape index (κ1) is 9.34. The van der Waals surface area contributed by atoms with E-state index in [4.69, 9.17) is 10.5 Å². The Morgan fingerprint density at radius 1 is 1.43 bits per heavy atom. The second-order valence-electron chi connectivity index (χ2n) is 3.77. The van der Waals surface area contributed by atoms with Gasteiger partial charge in [-0.2, -0.15) is 0 Å². The van der Waals surface area contributed by atoms with Gasteiger partial charge >= 0.3 is 0 Å². The highest BCUT2D eigenvalue weighted by molar-refractivity contribution is 5.71. The van der Waals surface area contributed by atoms with Crippen molar-refractivity contribution in [3.05, 3.63) is 23.8 Å². The van der Waals surface area contributed by atoms with E-state index in [0.29, 0.717) is 6.10 Å². The molecule has 14 heavy (non-hydrogen) atoms. The van der Waals surface area contributed by atoms with Crippen LogP contribution in [-0.4, -0.2) is 26.3 Å². The first-order valence-corrected chi connectivity index (χ1v) is 4.85. The number of ether oxygens (including phenoxy) is 1. The molecule has 0 bridgehead atoms. The first-order chi connectivity index (χ1) is 6.72. The molecule has 0 saturated carbocycles. The van der Waals surface area contributed by atoms with Crippen LogP contribution in [0, 0.1) is 6.92 Å². The van der Waals surface area contributed by atoms with Crippen molar-refractivity contribution >= 4 is 11.4 Å². The summed E-state index contributed by atoms with van der Waals surface area (Å²) in [5, 5.41) is 0. The van der Waals surface area contributed by atoms with Gasteiger partial charge < -0.3 is 15.4 Å². The molecule has 1 aromatic carbocycles. The molecule has 2 N–H and O–H groups in total. The number of rotatable bonds is 2. The average molecular weight is 192 g/mol. The minimum atomic E-state index is 0.370. The maximum absolute atomic E-state index is 6.00. The quantitative estimate of drug-likeness (QED) is 0.720. The smallest absolute Gasteiger partial charge is 0.0920 e. The molecule has 1 heterocycles. The highest BCUT2D eigenvalue weighted by Crippen LogP contribution is 2.30. The van der Waals surface area contributed by atoms with Crippen LogP contribution in [0.3, 0.4) is 0 Å². The molecule has 1 aliphatic rings. The normalized spacial score (nSPS) is 16.9. The largest absolute Gasteiger partial charge is 0.397 e. The van der Waals surface area contributed by atoms with Gasteiger partial charge in [0.1, 0.15) is 0 Å². The summed E-state index contributed by atoms with van der Waals surface area (Å²) < 4.78 is 5.23. The number of aryl methyl sites for hydroxylation is 1. The molecule has 3 nitrogen and oxygen atoms in total. The lowest BCUT2D eigenvalue weighted by Gasteiger charge is -2.40. The Bertz CT molecular complexity index is 332. The molecule has 0 aliphatic carbocycles. The molecule has 2 rings (SSSR count). The Labute approximate surface area is 84.5 Å². The van der Waals surface area contributed by atoms with Gasteiger partial charge in [0.2, 0.25) is 0 Å². The molecule has 0 radical (unpaired) electrons. The molecule has 0 unspecified atom stereocenters. The molecular formula is C11H16N2O. The number of benzene rings is 1. The minimum absolute atomic E-state index is 0.370. The summed E-state index contributed by atoms with van der Waals surface area (Å²) in [5.74, 6) is 0. The maximum Gasteiger partial charge on any atom is 0.0920 e. The summed E-state index contributed by atoms with van der Waals surface area (Å²) in [5.41, 5.74) is 9.17. The van der Waals surface area contributed by atoms with Crippen LogP contribution in [0.25, 0.3) is 0 Å². The van der Waals surface area contributed by atoms with Crippen LogP contribution in [0.5, 0.6) is 0 Å². The second kappa shape index (κ2) is 3.50. The lowest BCUT2D eigenvalue weighted by Crippen LogP contribution is -2.52. The molecule has 0 spiro atoms. The van der Waals surface area contributed by atoms with E-state index in [1.54, 1.807) is 7.11 Å². The Morgan fingerprint density at radius 3 is 2.79 bits per heavy atom. The topological polar surface area (TPSA) is 38.5 Å². The Morgan fingerprint density at radius 2 is 2.14 bits per heavy atom. The van der Waals surface area contributed by atoms with E-state index in [0.717, 1.165) is 30.0 Å². The fourth-order valence-corrected chi connectivity index (χ4v) is 1.72. The van der Waals surface area contributed by atoms with Crippen molar-refractivity contribution in [1.29, 1.82) is 0 Å². The van der Waals surface area contributed by atoms with E-state index in [1.807, 2.05) is 19.1 Å². The van der Waals surface area contributed by atoms with Crippen molar-refractivity contribution < 1.29 is 4.74 Å². The fraction of sp³-hybridized carbons (Fsp3) is 0.455. The van der Waals surface area contributed by atoms with Crippen LogP contribution in [0.1, 0.15) is 5.56 Å². The van der Waals surface area contributed by atoms with E-state index in [2.05, 4.69) is 11.0 Å². The SMILES string of the molecule is COC1CN(c2cccc(C)c2N)C1. The number of hydrogen-bond donors (Lipinski definition) is 1. The molecule has 1 fully saturated rings. The van der Waals surface area contributed by atoms with E-state index in [1.165, 1.54) is 0 Å². The van der Waals surface area contributed by atoms with Crippen LogP contribution in [-0.2, 0) is 4.74 Å². The van der Waals surface area contributed by atoms with Gasteiger partial charge in [0, 0.05) is 20.2 Å². The van der Waals surface area contributed by atoms with Crippen LogP contribution < -0.4 is 10.6 Å². The molecule has 1 saturated heterocycles. The number of methoxy groups -OCH3 is 1. The van der Waals surface area contributed by atoms with Crippen molar-refractivity contribution in [2.24, 2.45) is 0 Å². The van der Waals surface area contributed by atoms with E-state index in [-0.39, 0.29) is 0 Å². The molecule has 76 valence electrons. The van der Waals surface area contributed by atoms with Gasteiger partial charge in [-0.05, 0) is 18.6 Å². The minimum Gasteiger partial charge on any atom is -0.397 e. The fourth-order valence-electron chi connectivity index (χ4n) is 1.72. The Hall–Kier alpha value is -1.22. The van der Waals surface area contributed by atoms with Crippen LogP contribution in [0.4, 0.5) is 11.4 Å². The summed E-state index contributed by atoms with van der Waals surface area (Å²) in [7, 11) is 1.75. The monoisotopic (exact) mass is 192 g/mol. The maximum atomic E-state index is 6.00. The first-order valence-electron chi connectivity index (χ1n) is 4.85. The number of nitrogens with two attached hydrogens (primary N) is 1. The predicted octanol–water partition coefficient (Wildman–Crippen LogP) is 1.41. The molecule has 3 heteroatoms. The predicted molar refractivity (Wildman–Crippen MR) is 58.6 cm³/mol.